The van der Waals surface area contributed by atoms with E-state index in [4.69, 9.17) is 9.47 Å². The lowest BCUT2D eigenvalue weighted by Gasteiger charge is -2.24. The molecule has 1 aliphatic heterocycles. The average Bonchev–Trinajstić information content (AvgIpc) is 3.08. The third-order valence-electron chi connectivity index (χ3n) is 5.09. The molecule has 3 aromatic rings. The summed E-state index contributed by atoms with van der Waals surface area (Å²) in [6.07, 6.45) is 1.76. The number of fused-ring (bicyclic) bond motifs is 1. The van der Waals surface area contributed by atoms with Gasteiger partial charge in [0.2, 0.25) is 0 Å². The van der Waals surface area contributed by atoms with Crippen molar-refractivity contribution in [2.75, 3.05) is 13.7 Å². The molecule has 2 heterocycles. The van der Waals surface area contributed by atoms with E-state index in [1.807, 2.05) is 24.3 Å². The number of esters is 1. The molecule has 0 radical (unpaired) electrons. The standard InChI is InChI=1S/C24H21FN2O4S/c1-4-31-23(29)20-14(2)26-24-27(21(20)16-8-10-17(25)11-9-16)22(28)19(32-24)13-15-6-5-7-18(12-15)30-3/h5-13,21H,4H2,1-3H3. The molecule has 0 spiro atoms. The van der Waals surface area contributed by atoms with Crippen LogP contribution in [0.5, 0.6) is 5.75 Å². The normalized spacial score (nSPS) is 15.9. The van der Waals surface area contributed by atoms with Gasteiger partial charge in [0.25, 0.3) is 5.56 Å². The molecule has 0 fully saturated rings. The summed E-state index contributed by atoms with van der Waals surface area (Å²) in [6, 6.07) is 12.3. The van der Waals surface area contributed by atoms with E-state index in [1.165, 1.54) is 28.0 Å². The third kappa shape index (κ3) is 4.01. The molecule has 32 heavy (non-hydrogen) atoms. The van der Waals surface area contributed by atoms with Crippen molar-refractivity contribution < 1.29 is 18.7 Å². The number of nitrogens with zero attached hydrogens (tertiary/aromatic N) is 2. The van der Waals surface area contributed by atoms with E-state index in [9.17, 15) is 14.0 Å². The van der Waals surface area contributed by atoms with Crippen LogP contribution in [0.25, 0.3) is 6.08 Å². The number of aromatic nitrogens is 1. The zero-order chi connectivity index (χ0) is 22.8. The molecule has 0 saturated carbocycles. The summed E-state index contributed by atoms with van der Waals surface area (Å²) in [5.74, 6) is -0.279. The Labute approximate surface area is 187 Å². The minimum absolute atomic E-state index is 0.187. The molecule has 164 valence electrons. The third-order valence-corrected chi connectivity index (χ3v) is 6.08. The van der Waals surface area contributed by atoms with Gasteiger partial charge in [-0.3, -0.25) is 9.36 Å². The van der Waals surface area contributed by atoms with Crippen LogP contribution in [-0.4, -0.2) is 24.3 Å². The second-order valence-electron chi connectivity index (χ2n) is 7.13. The predicted molar refractivity (Wildman–Crippen MR) is 120 cm³/mol. The lowest BCUT2D eigenvalue weighted by Crippen LogP contribution is -2.39. The van der Waals surface area contributed by atoms with Gasteiger partial charge in [-0.1, -0.05) is 35.6 Å². The summed E-state index contributed by atoms with van der Waals surface area (Å²) in [6.45, 7) is 3.61. The fraction of sp³-hybridized carbons (Fsp3) is 0.208. The van der Waals surface area contributed by atoms with Crippen molar-refractivity contribution in [1.82, 2.24) is 4.57 Å². The monoisotopic (exact) mass is 452 g/mol. The molecule has 8 heteroatoms. The zero-order valence-electron chi connectivity index (χ0n) is 17.8. The van der Waals surface area contributed by atoms with E-state index >= 15 is 0 Å². The van der Waals surface area contributed by atoms with Crippen LogP contribution in [-0.2, 0) is 9.53 Å². The van der Waals surface area contributed by atoms with Crippen molar-refractivity contribution >= 4 is 23.4 Å². The Kier molecular flexibility index (Phi) is 6.05. The Morgan fingerprint density at radius 2 is 2.00 bits per heavy atom. The summed E-state index contributed by atoms with van der Waals surface area (Å²) in [4.78, 5) is 31.2. The minimum atomic E-state index is -0.765. The van der Waals surface area contributed by atoms with Gasteiger partial charge in [0.15, 0.2) is 4.80 Å². The molecule has 1 aromatic heterocycles. The lowest BCUT2D eigenvalue weighted by atomic mass is 9.96. The molecule has 2 aromatic carbocycles. The van der Waals surface area contributed by atoms with Gasteiger partial charge in [0, 0.05) is 0 Å². The first-order valence-electron chi connectivity index (χ1n) is 10.0. The van der Waals surface area contributed by atoms with Gasteiger partial charge in [-0.2, -0.15) is 0 Å². The number of carbonyl (C=O) groups excluding carboxylic acids is 1. The first kappa shape index (κ1) is 21.7. The van der Waals surface area contributed by atoms with Crippen molar-refractivity contribution in [2.45, 2.75) is 19.9 Å². The Balaban J connectivity index is 1.94. The Bertz CT molecular complexity index is 1390. The highest BCUT2D eigenvalue weighted by Gasteiger charge is 2.33. The van der Waals surface area contributed by atoms with Crippen LogP contribution in [0.1, 0.15) is 31.0 Å². The van der Waals surface area contributed by atoms with E-state index in [2.05, 4.69) is 4.99 Å². The zero-order valence-corrected chi connectivity index (χ0v) is 18.6. The van der Waals surface area contributed by atoms with E-state index in [0.717, 1.165) is 5.56 Å². The maximum absolute atomic E-state index is 13.6. The van der Waals surface area contributed by atoms with Crippen LogP contribution in [0, 0.1) is 5.82 Å². The maximum Gasteiger partial charge on any atom is 0.338 e. The summed E-state index contributed by atoms with van der Waals surface area (Å²) in [5, 5.41) is 0. The molecular weight excluding hydrogens is 431 g/mol. The van der Waals surface area contributed by atoms with Crippen LogP contribution in [0.15, 0.2) is 69.6 Å². The van der Waals surface area contributed by atoms with E-state index in [0.29, 0.717) is 26.3 Å². The van der Waals surface area contributed by atoms with E-state index in [-0.39, 0.29) is 17.7 Å². The molecule has 0 bridgehead atoms. The number of hydrogen-bond donors (Lipinski definition) is 0. The fourth-order valence-electron chi connectivity index (χ4n) is 3.63. The highest BCUT2D eigenvalue weighted by atomic mass is 32.1. The number of ether oxygens (including phenoxy) is 2. The number of halogens is 1. The van der Waals surface area contributed by atoms with Gasteiger partial charge in [-0.05, 0) is 55.3 Å². The summed E-state index contributed by atoms with van der Waals surface area (Å²) < 4.78 is 26.0. The second kappa shape index (κ2) is 8.92. The van der Waals surface area contributed by atoms with Crippen LogP contribution in [0.4, 0.5) is 4.39 Å². The molecule has 1 aliphatic rings. The van der Waals surface area contributed by atoms with Gasteiger partial charge < -0.3 is 9.47 Å². The number of allylic oxidation sites excluding steroid dienone is 1. The summed E-state index contributed by atoms with van der Waals surface area (Å²) in [5.41, 5.74) is 1.83. The minimum Gasteiger partial charge on any atom is -0.497 e. The van der Waals surface area contributed by atoms with E-state index in [1.54, 1.807) is 39.2 Å². The molecule has 0 amide bonds. The van der Waals surface area contributed by atoms with Crippen LogP contribution < -0.4 is 19.6 Å². The highest BCUT2D eigenvalue weighted by molar-refractivity contribution is 7.07. The molecule has 1 atom stereocenters. The maximum atomic E-state index is 13.6. The Morgan fingerprint density at radius 1 is 1.25 bits per heavy atom. The summed E-state index contributed by atoms with van der Waals surface area (Å²) >= 11 is 1.23. The number of methoxy groups -OCH3 is 1. The summed E-state index contributed by atoms with van der Waals surface area (Å²) in [7, 11) is 1.58. The first-order chi connectivity index (χ1) is 15.4. The largest absolute Gasteiger partial charge is 0.497 e. The van der Waals surface area contributed by atoms with Crippen LogP contribution in [0.3, 0.4) is 0 Å². The van der Waals surface area contributed by atoms with Gasteiger partial charge in [0.1, 0.15) is 11.6 Å². The van der Waals surface area contributed by atoms with Crippen LogP contribution in [0.2, 0.25) is 0 Å². The lowest BCUT2D eigenvalue weighted by molar-refractivity contribution is -0.139. The number of benzene rings is 2. The highest BCUT2D eigenvalue weighted by Crippen LogP contribution is 2.30. The Hall–Kier alpha value is -3.52. The number of hydrogen-bond acceptors (Lipinski definition) is 6. The molecule has 6 nitrogen and oxygen atoms in total. The Morgan fingerprint density at radius 3 is 2.69 bits per heavy atom. The molecular formula is C24H21FN2O4S. The quantitative estimate of drug-likeness (QED) is 0.558. The molecule has 4 rings (SSSR count). The van der Waals surface area contributed by atoms with E-state index < -0.39 is 17.8 Å². The van der Waals surface area contributed by atoms with Crippen molar-refractivity contribution in [2.24, 2.45) is 4.99 Å². The van der Waals surface area contributed by atoms with Crippen molar-refractivity contribution in [1.29, 1.82) is 0 Å². The number of thiazole rings is 1. The molecule has 0 N–H and O–H groups in total. The number of carbonyl (C=O) groups is 1. The van der Waals surface area contributed by atoms with Crippen molar-refractivity contribution in [3.63, 3.8) is 0 Å². The van der Waals surface area contributed by atoms with Crippen molar-refractivity contribution in [3.05, 3.63) is 96.4 Å². The fourth-order valence-corrected chi connectivity index (χ4v) is 4.68. The molecule has 0 saturated heterocycles. The van der Waals surface area contributed by atoms with Gasteiger partial charge in [-0.15, -0.1) is 0 Å². The molecule has 1 unspecified atom stereocenters. The SMILES string of the molecule is CCOC(=O)C1=C(C)N=c2sc(=Cc3cccc(OC)c3)c(=O)n2C1c1ccc(F)cc1. The van der Waals surface area contributed by atoms with Crippen molar-refractivity contribution in [3.8, 4) is 5.75 Å². The predicted octanol–water partition coefficient (Wildman–Crippen LogP) is 2.95. The molecule has 0 aliphatic carbocycles. The second-order valence-corrected chi connectivity index (χ2v) is 8.14. The smallest absolute Gasteiger partial charge is 0.338 e. The number of rotatable bonds is 5. The average molecular weight is 453 g/mol. The van der Waals surface area contributed by atoms with Gasteiger partial charge in [0.05, 0.1) is 35.6 Å². The first-order valence-corrected chi connectivity index (χ1v) is 10.8. The topological polar surface area (TPSA) is 69.9 Å². The van der Waals surface area contributed by atoms with Crippen LogP contribution >= 0.6 is 11.3 Å². The van der Waals surface area contributed by atoms with Gasteiger partial charge >= 0.3 is 5.97 Å². The van der Waals surface area contributed by atoms with Gasteiger partial charge in [-0.25, -0.2) is 14.2 Å².